The molecule has 1 aliphatic rings. The monoisotopic (exact) mass is 458 g/mol. The molecule has 0 saturated carbocycles. The molecule has 144 valence electrons. The fourth-order valence-corrected chi connectivity index (χ4v) is 4.77. The van der Waals surface area contributed by atoms with Gasteiger partial charge in [0.25, 0.3) is 0 Å². The average Bonchev–Trinajstić information content (AvgIpc) is 3.34. The molecule has 1 fully saturated rings. The minimum Gasteiger partial charge on any atom is -0.378 e. The van der Waals surface area contributed by atoms with Crippen LogP contribution < -0.4 is 4.90 Å². The number of nitrogens with zero attached hydrogens (tertiary/aromatic N) is 6. The Morgan fingerprint density at radius 1 is 1.11 bits per heavy atom. The van der Waals surface area contributed by atoms with E-state index in [1.165, 1.54) is 0 Å². The van der Waals surface area contributed by atoms with Gasteiger partial charge in [-0.15, -0.1) is 0 Å². The van der Waals surface area contributed by atoms with Crippen LogP contribution in [0.25, 0.3) is 27.3 Å². The van der Waals surface area contributed by atoms with Crippen molar-refractivity contribution in [2.75, 3.05) is 31.2 Å². The lowest BCUT2D eigenvalue weighted by molar-refractivity contribution is 0.122. The minimum absolute atomic E-state index is 0.657. The number of aryl methyl sites for hydroxylation is 1. The first kappa shape index (κ1) is 18.0. The van der Waals surface area contributed by atoms with Crippen molar-refractivity contribution in [3.05, 3.63) is 35.1 Å². The number of aromatic nitrogens is 5. The van der Waals surface area contributed by atoms with Gasteiger partial charge in [0.2, 0.25) is 5.95 Å². The molecule has 4 heterocycles. The van der Waals surface area contributed by atoms with E-state index in [1.807, 2.05) is 18.2 Å². The number of thiazole rings is 1. The van der Waals surface area contributed by atoms with Crippen LogP contribution in [0.4, 0.5) is 5.82 Å². The van der Waals surface area contributed by atoms with Crippen molar-refractivity contribution in [1.82, 2.24) is 24.5 Å². The molecule has 28 heavy (non-hydrogen) atoms. The van der Waals surface area contributed by atoms with E-state index in [4.69, 9.17) is 24.7 Å². The number of hydrogen-bond acceptors (Lipinski definition) is 7. The molecule has 5 rings (SSSR count). The Morgan fingerprint density at radius 2 is 1.93 bits per heavy atom. The van der Waals surface area contributed by atoms with Crippen LogP contribution in [-0.2, 0) is 16.5 Å². The van der Waals surface area contributed by atoms with E-state index in [0.29, 0.717) is 24.5 Å². The normalized spacial score (nSPS) is 15.0. The highest BCUT2D eigenvalue weighted by atomic mass is 79.9. The summed E-state index contributed by atoms with van der Waals surface area (Å²) in [5, 5.41) is 1.71. The lowest BCUT2D eigenvalue weighted by Gasteiger charge is -2.28. The molecule has 0 spiro atoms. The van der Waals surface area contributed by atoms with Crippen molar-refractivity contribution < 1.29 is 4.74 Å². The number of rotatable bonds is 4. The number of anilines is 1. The number of fused-ring (bicyclic) bond motifs is 2. The predicted molar refractivity (Wildman–Crippen MR) is 115 cm³/mol. The standard InChI is InChI=1S/C19H19BrN6OS/c1-2-14-21-12-5-3-4-6-13(12)26(14)19-23-17(25-7-9-27-10-8-25)16-18(24-19)28-15(11-20)22-16/h3-6H,2,7-11H2,1H3. The van der Waals surface area contributed by atoms with Crippen LogP contribution in [0.3, 0.4) is 0 Å². The van der Waals surface area contributed by atoms with E-state index in [9.17, 15) is 0 Å². The second-order valence-electron chi connectivity index (χ2n) is 6.55. The van der Waals surface area contributed by atoms with Gasteiger partial charge in [-0.2, -0.15) is 9.97 Å². The van der Waals surface area contributed by atoms with Crippen molar-refractivity contribution in [2.24, 2.45) is 0 Å². The highest BCUT2D eigenvalue weighted by Crippen LogP contribution is 2.31. The summed E-state index contributed by atoms with van der Waals surface area (Å²) in [5.41, 5.74) is 2.85. The lowest BCUT2D eigenvalue weighted by atomic mass is 10.3. The van der Waals surface area contributed by atoms with Gasteiger partial charge in [0.1, 0.15) is 16.3 Å². The molecule has 0 amide bonds. The Morgan fingerprint density at radius 3 is 2.71 bits per heavy atom. The molecule has 1 saturated heterocycles. The molecule has 0 atom stereocenters. The first-order valence-corrected chi connectivity index (χ1v) is 11.2. The van der Waals surface area contributed by atoms with E-state index < -0.39 is 0 Å². The van der Waals surface area contributed by atoms with E-state index in [-0.39, 0.29) is 0 Å². The third-order valence-corrected chi connectivity index (χ3v) is 6.70. The van der Waals surface area contributed by atoms with Crippen LogP contribution in [0.2, 0.25) is 0 Å². The van der Waals surface area contributed by atoms with Crippen LogP contribution >= 0.6 is 27.3 Å². The second kappa shape index (κ2) is 7.38. The van der Waals surface area contributed by atoms with Crippen LogP contribution in [0.5, 0.6) is 0 Å². The fraction of sp³-hybridized carbons (Fsp3) is 0.368. The molecule has 0 bridgehead atoms. The van der Waals surface area contributed by atoms with Gasteiger partial charge in [0.15, 0.2) is 10.6 Å². The number of imidazole rings is 1. The smallest absolute Gasteiger partial charge is 0.239 e. The van der Waals surface area contributed by atoms with Gasteiger partial charge in [-0.3, -0.25) is 4.57 Å². The number of halogens is 1. The average molecular weight is 459 g/mol. The Bertz CT molecular complexity index is 1150. The molecular weight excluding hydrogens is 440 g/mol. The van der Waals surface area contributed by atoms with E-state index >= 15 is 0 Å². The number of para-hydroxylation sites is 2. The van der Waals surface area contributed by atoms with Gasteiger partial charge < -0.3 is 9.64 Å². The second-order valence-corrected chi connectivity index (χ2v) is 8.17. The van der Waals surface area contributed by atoms with Crippen LogP contribution in [0.15, 0.2) is 24.3 Å². The van der Waals surface area contributed by atoms with E-state index in [0.717, 1.165) is 57.5 Å². The van der Waals surface area contributed by atoms with Crippen molar-refractivity contribution >= 4 is 54.5 Å². The number of benzene rings is 1. The van der Waals surface area contributed by atoms with Gasteiger partial charge in [-0.1, -0.05) is 46.3 Å². The summed E-state index contributed by atoms with van der Waals surface area (Å²) in [7, 11) is 0. The molecular formula is C19H19BrN6OS. The zero-order chi connectivity index (χ0) is 19.1. The summed E-state index contributed by atoms with van der Waals surface area (Å²) in [6.45, 7) is 5.11. The number of alkyl halides is 1. The maximum Gasteiger partial charge on any atom is 0.239 e. The predicted octanol–water partition coefficient (Wildman–Crippen LogP) is 3.72. The van der Waals surface area contributed by atoms with Crippen molar-refractivity contribution in [3.63, 3.8) is 0 Å². The Labute approximate surface area is 174 Å². The Hall–Kier alpha value is -2.10. The fourth-order valence-electron chi connectivity index (χ4n) is 3.53. The highest BCUT2D eigenvalue weighted by molar-refractivity contribution is 9.08. The highest BCUT2D eigenvalue weighted by Gasteiger charge is 2.22. The summed E-state index contributed by atoms with van der Waals surface area (Å²) in [4.78, 5) is 22.6. The van der Waals surface area contributed by atoms with Gasteiger partial charge in [-0.05, 0) is 12.1 Å². The molecule has 9 heteroatoms. The molecule has 0 unspecified atom stereocenters. The first-order chi connectivity index (χ1) is 13.8. The molecule has 1 aromatic carbocycles. The van der Waals surface area contributed by atoms with Crippen molar-refractivity contribution in [2.45, 2.75) is 18.7 Å². The zero-order valence-electron chi connectivity index (χ0n) is 15.4. The maximum absolute atomic E-state index is 5.53. The largest absolute Gasteiger partial charge is 0.378 e. The summed E-state index contributed by atoms with van der Waals surface area (Å²) in [6.07, 6.45) is 0.804. The Kier molecular flexibility index (Phi) is 4.73. The van der Waals surface area contributed by atoms with Crippen LogP contribution in [0.1, 0.15) is 17.8 Å². The number of hydrogen-bond donors (Lipinski definition) is 0. The van der Waals surface area contributed by atoms with E-state index in [1.54, 1.807) is 11.3 Å². The lowest BCUT2D eigenvalue weighted by Crippen LogP contribution is -2.37. The molecule has 7 nitrogen and oxygen atoms in total. The topological polar surface area (TPSA) is 69.0 Å². The van der Waals surface area contributed by atoms with E-state index in [2.05, 4.69) is 38.4 Å². The summed E-state index contributed by atoms with van der Waals surface area (Å²) in [5.74, 6) is 2.50. The molecule has 0 N–H and O–H groups in total. The first-order valence-electron chi connectivity index (χ1n) is 9.31. The molecule has 1 aliphatic heterocycles. The van der Waals surface area contributed by atoms with Gasteiger partial charge in [0, 0.05) is 19.5 Å². The number of ether oxygens (including phenoxy) is 1. The van der Waals surface area contributed by atoms with Gasteiger partial charge in [0.05, 0.1) is 29.6 Å². The summed E-state index contributed by atoms with van der Waals surface area (Å²) in [6, 6.07) is 8.13. The zero-order valence-corrected chi connectivity index (χ0v) is 17.8. The molecule has 0 aliphatic carbocycles. The van der Waals surface area contributed by atoms with Gasteiger partial charge in [-0.25, -0.2) is 9.97 Å². The molecule has 4 aromatic rings. The van der Waals surface area contributed by atoms with Crippen molar-refractivity contribution in [3.8, 4) is 5.95 Å². The molecule has 0 radical (unpaired) electrons. The molecule has 3 aromatic heterocycles. The quantitative estimate of drug-likeness (QED) is 0.434. The van der Waals surface area contributed by atoms with Crippen LogP contribution in [-0.4, -0.2) is 50.8 Å². The Balaban J connectivity index is 1.76. The van der Waals surface area contributed by atoms with Crippen LogP contribution in [0, 0.1) is 0 Å². The summed E-state index contributed by atoms with van der Waals surface area (Å²) < 4.78 is 7.61. The number of morpholine rings is 1. The third-order valence-electron chi connectivity index (χ3n) is 4.84. The third kappa shape index (κ3) is 2.98. The summed E-state index contributed by atoms with van der Waals surface area (Å²) >= 11 is 5.12. The van der Waals surface area contributed by atoms with Gasteiger partial charge >= 0.3 is 0 Å². The SMILES string of the molecule is CCc1nc2ccccc2n1-c1nc(N2CCOCC2)c2nc(CBr)sc2n1. The minimum atomic E-state index is 0.657. The maximum atomic E-state index is 5.53. The van der Waals surface area contributed by atoms with Crippen molar-refractivity contribution in [1.29, 1.82) is 0 Å².